The molecule has 0 saturated heterocycles. The highest BCUT2D eigenvalue weighted by atomic mass is 16.5. The molecule has 1 aliphatic heterocycles. The number of rotatable bonds is 4. The van der Waals surface area contributed by atoms with Crippen molar-refractivity contribution < 1.29 is 9.15 Å². The smallest absolute Gasteiger partial charge is 0.143 e. The Morgan fingerprint density at radius 1 is 0.466 bits per heavy atom. The fourth-order valence-corrected chi connectivity index (χ4v) is 9.52. The molecule has 0 fully saturated rings. The van der Waals surface area contributed by atoms with Crippen molar-refractivity contribution in [3.63, 3.8) is 0 Å². The van der Waals surface area contributed by atoms with Crippen molar-refractivity contribution in [2.75, 3.05) is 0 Å². The molecule has 4 aromatic carbocycles. The van der Waals surface area contributed by atoms with E-state index < -0.39 is 0 Å². The Bertz CT molecular complexity index is 3480. The first-order valence-corrected chi connectivity index (χ1v) is 19.4. The van der Waals surface area contributed by atoms with E-state index in [1.807, 2.05) is 49.6 Å². The van der Waals surface area contributed by atoms with Crippen LogP contribution in [0.4, 0.5) is 0 Å². The molecule has 8 heteroatoms. The number of ether oxygens (including phenoxy) is 1. The molecule has 7 aromatic heterocycles. The van der Waals surface area contributed by atoms with Crippen molar-refractivity contribution >= 4 is 65.6 Å². The van der Waals surface area contributed by atoms with Gasteiger partial charge in [0, 0.05) is 116 Å². The summed E-state index contributed by atoms with van der Waals surface area (Å²) in [7, 11) is 0. The van der Waals surface area contributed by atoms with E-state index in [1.165, 1.54) is 0 Å². The monoisotopic (exact) mass is 746 g/mol. The minimum atomic E-state index is -0.0808. The van der Waals surface area contributed by atoms with Gasteiger partial charge < -0.3 is 18.3 Å². The largest absolute Gasteiger partial charge is 0.484 e. The van der Waals surface area contributed by atoms with Crippen LogP contribution in [0, 0.1) is 0 Å². The lowest BCUT2D eigenvalue weighted by atomic mass is 9.87. The molecule has 2 unspecified atom stereocenters. The first-order valence-electron chi connectivity index (χ1n) is 19.4. The van der Waals surface area contributed by atoms with Crippen LogP contribution in [-0.2, 0) is 0 Å². The molecule has 2 aliphatic rings. The minimum absolute atomic E-state index is 0.0808. The Morgan fingerprint density at radius 2 is 1.05 bits per heavy atom. The molecule has 2 atom stereocenters. The van der Waals surface area contributed by atoms with Gasteiger partial charge in [0.25, 0.3) is 0 Å². The molecule has 8 nitrogen and oxygen atoms in total. The van der Waals surface area contributed by atoms with Crippen LogP contribution >= 0.6 is 0 Å². The molecular weight excluding hydrogens is 717 g/mol. The van der Waals surface area contributed by atoms with Gasteiger partial charge in [0.15, 0.2) is 0 Å². The Labute approximate surface area is 330 Å². The highest BCUT2D eigenvalue weighted by molar-refractivity contribution is 6.13. The van der Waals surface area contributed by atoms with E-state index in [4.69, 9.17) is 9.15 Å². The number of para-hydroxylation sites is 1. The standard InChI is InChI=1S/C50H30N6O2/c1-2-7-32(37-23-30(24-38-33-8-3-4-11-47(33)57-50(37)38)56-45-16-20-53-27-41(45)42-28-54-21-17-46(42)56)31(6-1)34-9-5-10-35-36-22-29(12-13-48(36)58-49(34)35)55-43-14-18-51-25-39(43)40-26-52-19-15-44(40)55/h1-28,33,47H. The Morgan fingerprint density at radius 3 is 1.71 bits per heavy atom. The molecule has 1 aliphatic carbocycles. The number of furan rings is 1. The molecule has 8 heterocycles. The zero-order valence-electron chi connectivity index (χ0n) is 30.8. The van der Waals surface area contributed by atoms with Crippen LogP contribution < -0.4 is 4.74 Å². The average Bonchev–Trinajstić information content (AvgIpc) is 4.04. The molecule has 58 heavy (non-hydrogen) atoms. The van der Waals surface area contributed by atoms with Crippen LogP contribution in [0.15, 0.2) is 175 Å². The van der Waals surface area contributed by atoms with Gasteiger partial charge in [-0.15, -0.1) is 0 Å². The maximum Gasteiger partial charge on any atom is 0.143 e. The second-order valence-electron chi connectivity index (χ2n) is 15.0. The highest BCUT2D eigenvalue weighted by Gasteiger charge is 2.35. The summed E-state index contributed by atoms with van der Waals surface area (Å²) in [5.41, 5.74) is 13.4. The molecule has 11 aromatic rings. The quantitative estimate of drug-likeness (QED) is 0.178. The van der Waals surface area contributed by atoms with E-state index in [-0.39, 0.29) is 12.0 Å². The van der Waals surface area contributed by atoms with Gasteiger partial charge in [0.1, 0.15) is 23.0 Å². The molecule has 13 rings (SSSR count). The SMILES string of the molecule is C1=CC2Oc3c(-c4ccccc4-c4cccc5c4oc4ccc(-n6c7ccncc7c7cnccc76)cc45)cc(-n4c5ccncc5c5cnccc54)cc3C2C=C1. The van der Waals surface area contributed by atoms with Gasteiger partial charge >= 0.3 is 0 Å². The summed E-state index contributed by atoms with van der Waals surface area (Å²) < 4.78 is 18.3. The third kappa shape index (κ3) is 4.34. The molecule has 0 radical (unpaired) electrons. The van der Waals surface area contributed by atoms with Crippen molar-refractivity contribution in [2.45, 2.75) is 12.0 Å². The maximum atomic E-state index is 6.88. The van der Waals surface area contributed by atoms with E-state index in [1.54, 1.807) is 0 Å². The fourth-order valence-electron chi connectivity index (χ4n) is 9.52. The number of hydrogen-bond acceptors (Lipinski definition) is 6. The summed E-state index contributed by atoms with van der Waals surface area (Å²) in [6.45, 7) is 0. The van der Waals surface area contributed by atoms with Crippen LogP contribution in [0.5, 0.6) is 5.75 Å². The van der Waals surface area contributed by atoms with Gasteiger partial charge in [0.2, 0.25) is 0 Å². The second kappa shape index (κ2) is 11.8. The van der Waals surface area contributed by atoms with E-state index in [2.05, 4.69) is 150 Å². The van der Waals surface area contributed by atoms with Crippen LogP contribution in [0.2, 0.25) is 0 Å². The molecule has 0 spiro atoms. The number of aromatic nitrogens is 6. The molecule has 0 saturated carbocycles. The highest BCUT2D eigenvalue weighted by Crippen LogP contribution is 2.51. The van der Waals surface area contributed by atoms with E-state index in [0.29, 0.717) is 0 Å². The third-order valence-electron chi connectivity index (χ3n) is 12.0. The fraction of sp³-hybridized carbons (Fsp3) is 0.0400. The van der Waals surface area contributed by atoms with Crippen molar-refractivity contribution in [3.05, 3.63) is 177 Å². The lowest BCUT2D eigenvalue weighted by Crippen LogP contribution is -2.15. The Hall–Kier alpha value is -7.84. The summed E-state index contributed by atoms with van der Waals surface area (Å²) >= 11 is 0. The lowest BCUT2D eigenvalue weighted by molar-refractivity contribution is 0.270. The summed E-state index contributed by atoms with van der Waals surface area (Å²) in [4.78, 5) is 17.8. The number of pyridine rings is 4. The van der Waals surface area contributed by atoms with Crippen LogP contribution in [0.1, 0.15) is 11.5 Å². The summed E-state index contributed by atoms with van der Waals surface area (Å²) in [5, 5.41) is 6.37. The predicted octanol–water partition coefficient (Wildman–Crippen LogP) is 11.7. The predicted molar refractivity (Wildman–Crippen MR) is 230 cm³/mol. The normalized spacial score (nSPS) is 15.9. The zero-order chi connectivity index (χ0) is 37.9. The van der Waals surface area contributed by atoms with Crippen molar-refractivity contribution in [2.24, 2.45) is 0 Å². The molecule has 0 bridgehead atoms. The number of hydrogen-bond donors (Lipinski definition) is 0. The molecule has 272 valence electrons. The third-order valence-corrected chi connectivity index (χ3v) is 12.0. The van der Waals surface area contributed by atoms with Crippen LogP contribution in [0.3, 0.4) is 0 Å². The number of benzene rings is 4. The first kappa shape index (κ1) is 31.4. The van der Waals surface area contributed by atoms with Gasteiger partial charge in [-0.2, -0.15) is 0 Å². The van der Waals surface area contributed by atoms with Crippen LogP contribution in [-0.4, -0.2) is 35.2 Å². The molecular formula is C50H30N6O2. The van der Waals surface area contributed by atoms with Gasteiger partial charge in [-0.1, -0.05) is 60.7 Å². The van der Waals surface area contributed by atoms with Crippen LogP contribution in [0.25, 0.3) is 99.2 Å². The molecule has 0 amide bonds. The van der Waals surface area contributed by atoms with Gasteiger partial charge in [-0.25, -0.2) is 0 Å². The number of fused-ring (bicyclic) bond motifs is 12. The summed E-state index contributed by atoms with van der Waals surface area (Å²) in [5.74, 6) is 1.00. The van der Waals surface area contributed by atoms with Crippen molar-refractivity contribution in [3.8, 4) is 39.4 Å². The lowest BCUT2D eigenvalue weighted by Gasteiger charge is -2.17. The van der Waals surface area contributed by atoms with Crippen molar-refractivity contribution in [1.29, 1.82) is 0 Å². The van der Waals surface area contributed by atoms with E-state index >= 15 is 0 Å². The molecule has 0 N–H and O–H groups in total. The first-order chi connectivity index (χ1) is 28.8. The van der Waals surface area contributed by atoms with E-state index in [9.17, 15) is 0 Å². The second-order valence-corrected chi connectivity index (χ2v) is 15.0. The van der Waals surface area contributed by atoms with Crippen molar-refractivity contribution in [1.82, 2.24) is 29.1 Å². The average molecular weight is 747 g/mol. The summed E-state index contributed by atoms with van der Waals surface area (Å²) in [6, 6.07) is 34.4. The van der Waals surface area contributed by atoms with Gasteiger partial charge in [0.05, 0.1) is 22.1 Å². The zero-order valence-corrected chi connectivity index (χ0v) is 30.8. The minimum Gasteiger partial charge on any atom is -0.484 e. The van der Waals surface area contributed by atoms with E-state index in [0.717, 1.165) is 110 Å². The number of allylic oxidation sites excluding steroid dienone is 2. The summed E-state index contributed by atoms with van der Waals surface area (Å²) in [6.07, 6.45) is 23.6. The number of nitrogens with zero attached hydrogens (tertiary/aromatic N) is 6. The topological polar surface area (TPSA) is 83.8 Å². The Kier molecular flexibility index (Phi) is 6.40. The Balaban J connectivity index is 1.03. The maximum absolute atomic E-state index is 6.88. The van der Waals surface area contributed by atoms with Gasteiger partial charge in [-0.3, -0.25) is 19.9 Å². The van der Waals surface area contributed by atoms with Gasteiger partial charge in [-0.05, 0) is 71.8 Å².